The zero-order valence-corrected chi connectivity index (χ0v) is 14.1. The molecule has 1 aromatic carbocycles. The summed E-state index contributed by atoms with van der Waals surface area (Å²) in [5.41, 5.74) is 2.53. The third-order valence-corrected chi connectivity index (χ3v) is 4.01. The van der Waals surface area contributed by atoms with Crippen LogP contribution >= 0.6 is 0 Å². The Labute approximate surface area is 141 Å². The van der Waals surface area contributed by atoms with Crippen LogP contribution in [0.4, 0.5) is 0 Å². The van der Waals surface area contributed by atoms with Gasteiger partial charge < -0.3 is 5.32 Å². The molecule has 5 nitrogen and oxygen atoms in total. The van der Waals surface area contributed by atoms with Gasteiger partial charge in [0.05, 0.1) is 18.3 Å². The van der Waals surface area contributed by atoms with Crippen molar-refractivity contribution in [1.82, 2.24) is 20.1 Å². The molecule has 5 heteroatoms. The van der Waals surface area contributed by atoms with Gasteiger partial charge in [0, 0.05) is 17.6 Å². The van der Waals surface area contributed by atoms with Crippen LogP contribution in [0.1, 0.15) is 42.6 Å². The number of aromatic nitrogens is 3. The van der Waals surface area contributed by atoms with E-state index in [4.69, 9.17) is 0 Å². The number of nitrogens with zero attached hydrogens (tertiary/aromatic N) is 3. The average molecular weight is 322 g/mol. The van der Waals surface area contributed by atoms with Crippen molar-refractivity contribution in [3.8, 4) is 0 Å². The van der Waals surface area contributed by atoms with Crippen molar-refractivity contribution < 1.29 is 4.79 Å². The second-order valence-corrected chi connectivity index (χ2v) is 6.09. The minimum absolute atomic E-state index is 0.0823. The second kappa shape index (κ2) is 7.25. The molecule has 0 saturated carbocycles. The minimum Gasteiger partial charge on any atom is -0.350 e. The van der Waals surface area contributed by atoms with E-state index in [-0.39, 0.29) is 11.9 Å². The first kappa shape index (κ1) is 16.2. The highest BCUT2D eigenvalue weighted by molar-refractivity contribution is 5.96. The molecule has 0 radical (unpaired) electrons. The Morgan fingerprint density at radius 3 is 2.79 bits per heavy atom. The van der Waals surface area contributed by atoms with Crippen molar-refractivity contribution in [3.63, 3.8) is 0 Å². The fourth-order valence-corrected chi connectivity index (χ4v) is 2.78. The summed E-state index contributed by atoms with van der Waals surface area (Å²) in [5.74, 6) is -0.0823. The van der Waals surface area contributed by atoms with Crippen LogP contribution in [0.2, 0.25) is 0 Å². The lowest BCUT2D eigenvalue weighted by atomic mass is 10.1. The van der Waals surface area contributed by atoms with E-state index in [1.54, 1.807) is 12.4 Å². The molecule has 1 atom stereocenters. The summed E-state index contributed by atoms with van der Waals surface area (Å²) in [6, 6.07) is 12.1. The molecule has 0 fully saturated rings. The number of hydrogen-bond acceptors (Lipinski definition) is 3. The van der Waals surface area contributed by atoms with Gasteiger partial charge in [0.15, 0.2) is 5.65 Å². The molecule has 0 bridgehead atoms. The number of carbonyl (C=O) groups is 1. The highest BCUT2D eigenvalue weighted by Gasteiger charge is 2.12. The van der Waals surface area contributed by atoms with Crippen LogP contribution in [-0.2, 0) is 6.54 Å². The normalized spacial score (nSPS) is 12.2. The standard InChI is InChI=1S/C19H22N4O/c1-3-7-14(2)22-19(24)17-10-16-12-21-23(18(16)20-11-17)13-15-8-5-4-6-9-15/h4-6,8-12,14H,3,7,13H2,1-2H3,(H,22,24). The van der Waals surface area contributed by atoms with Gasteiger partial charge in [-0.2, -0.15) is 5.10 Å². The summed E-state index contributed by atoms with van der Waals surface area (Å²) in [6.07, 6.45) is 5.40. The van der Waals surface area contributed by atoms with Crippen LogP contribution < -0.4 is 5.32 Å². The predicted octanol–water partition coefficient (Wildman–Crippen LogP) is 3.40. The van der Waals surface area contributed by atoms with E-state index in [1.807, 2.05) is 35.9 Å². The summed E-state index contributed by atoms with van der Waals surface area (Å²) < 4.78 is 1.85. The molecule has 24 heavy (non-hydrogen) atoms. The molecule has 3 rings (SSSR count). The number of fused-ring (bicyclic) bond motifs is 1. The maximum Gasteiger partial charge on any atom is 0.253 e. The number of pyridine rings is 1. The van der Waals surface area contributed by atoms with Gasteiger partial charge in [-0.15, -0.1) is 0 Å². The maximum atomic E-state index is 12.3. The summed E-state index contributed by atoms with van der Waals surface area (Å²) in [4.78, 5) is 16.7. The quantitative estimate of drug-likeness (QED) is 0.756. The Hall–Kier alpha value is -2.69. The van der Waals surface area contributed by atoms with Gasteiger partial charge in [-0.3, -0.25) is 4.79 Å². The Balaban J connectivity index is 1.79. The number of nitrogens with one attached hydrogen (secondary N) is 1. The lowest BCUT2D eigenvalue weighted by molar-refractivity contribution is 0.0938. The summed E-state index contributed by atoms with van der Waals surface area (Å²) in [6.45, 7) is 4.79. The second-order valence-electron chi connectivity index (χ2n) is 6.09. The van der Waals surface area contributed by atoms with E-state index in [2.05, 4.69) is 34.5 Å². The predicted molar refractivity (Wildman–Crippen MR) is 94.9 cm³/mol. The molecule has 2 heterocycles. The smallest absolute Gasteiger partial charge is 0.253 e. The summed E-state index contributed by atoms with van der Waals surface area (Å²) in [7, 11) is 0. The topological polar surface area (TPSA) is 59.8 Å². The zero-order valence-electron chi connectivity index (χ0n) is 14.1. The highest BCUT2D eigenvalue weighted by atomic mass is 16.1. The first-order chi connectivity index (χ1) is 11.7. The zero-order chi connectivity index (χ0) is 16.9. The number of benzene rings is 1. The van der Waals surface area contributed by atoms with Crippen LogP contribution in [-0.4, -0.2) is 26.7 Å². The van der Waals surface area contributed by atoms with Gasteiger partial charge >= 0.3 is 0 Å². The van der Waals surface area contributed by atoms with E-state index in [0.717, 1.165) is 23.9 Å². The van der Waals surface area contributed by atoms with Crippen LogP contribution in [0.15, 0.2) is 48.8 Å². The third-order valence-electron chi connectivity index (χ3n) is 4.01. The molecular weight excluding hydrogens is 300 g/mol. The van der Waals surface area contributed by atoms with Crippen molar-refractivity contribution in [2.45, 2.75) is 39.3 Å². The van der Waals surface area contributed by atoms with Gasteiger partial charge in [-0.05, 0) is 25.0 Å². The fraction of sp³-hybridized carbons (Fsp3) is 0.316. The van der Waals surface area contributed by atoms with Crippen molar-refractivity contribution in [2.75, 3.05) is 0 Å². The molecule has 0 spiro atoms. The first-order valence-corrected chi connectivity index (χ1v) is 8.33. The molecular formula is C19H22N4O. The van der Waals surface area contributed by atoms with Gasteiger partial charge in [0.2, 0.25) is 0 Å². The van der Waals surface area contributed by atoms with E-state index in [0.29, 0.717) is 12.1 Å². The van der Waals surface area contributed by atoms with Gasteiger partial charge in [-0.25, -0.2) is 9.67 Å². The van der Waals surface area contributed by atoms with E-state index in [9.17, 15) is 4.79 Å². The van der Waals surface area contributed by atoms with Crippen LogP contribution in [0.5, 0.6) is 0 Å². The van der Waals surface area contributed by atoms with E-state index < -0.39 is 0 Å². The molecule has 1 unspecified atom stereocenters. The lowest BCUT2D eigenvalue weighted by Gasteiger charge is -2.12. The molecule has 1 N–H and O–H groups in total. The molecule has 3 aromatic rings. The molecule has 1 amide bonds. The van der Waals surface area contributed by atoms with E-state index in [1.165, 1.54) is 5.56 Å². The number of amides is 1. The summed E-state index contributed by atoms with van der Waals surface area (Å²) >= 11 is 0. The third kappa shape index (κ3) is 3.62. The summed E-state index contributed by atoms with van der Waals surface area (Å²) in [5, 5.41) is 8.28. The Morgan fingerprint density at radius 2 is 2.04 bits per heavy atom. The van der Waals surface area contributed by atoms with Crippen LogP contribution in [0.3, 0.4) is 0 Å². The SMILES string of the molecule is CCCC(C)NC(=O)c1cnc2c(cnn2Cc2ccccc2)c1. The molecule has 0 aliphatic carbocycles. The molecule has 0 aliphatic heterocycles. The lowest BCUT2D eigenvalue weighted by Crippen LogP contribution is -2.32. The largest absolute Gasteiger partial charge is 0.350 e. The van der Waals surface area contributed by atoms with E-state index >= 15 is 0 Å². The van der Waals surface area contributed by atoms with Gasteiger partial charge in [0.25, 0.3) is 5.91 Å². The van der Waals surface area contributed by atoms with Gasteiger partial charge in [-0.1, -0.05) is 43.7 Å². The number of carbonyl (C=O) groups excluding carboxylic acids is 1. The van der Waals surface area contributed by atoms with Crippen LogP contribution in [0, 0.1) is 0 Å². The molecule has 124 valence electrons. The number of hydrogen-bond donors (Lipinski definition) is 1. The molecule has 2 aromatic heterocycles. The fourth-order valence-electron chi connectivity index (χ4n) is 2.78. The maximum absolute atomic E-state index is 12.3. The van der Waals surface area contributed by atoms with Gasteiger partial charge in [0.1, 0.15) is 0 Å². The van der Waals surface area contributed by atoms with Crippen molar-refractivity contribution in [2.24, 2.45) is 0 Å². The van der Waals surface area contributed by atoms with Crippen molar-refractivity contribution >= 4 is 16.9 Å². The average Bonchev–Trinajstić information content (AvgIpc) is 2.98. The van der Waals surface area contributed by atoms with Crippen molar-refractivity contribution in [1.29, 1.82) is 0 Å². The molecule has 0 aliphatic rings. The van der Waals surface area contributed by atoms with Crippen LogP contribution in [0.25, 0.3) is 11.0 Å². The Morgan fingerprint density at radius 1 is 1.25 bits per heavy atom. The Kier molecular flexibility index (Phi) is 4.89. The first-order valence-electron chi connectivity index (χ1n) is 8.33. The Bertz CT molecular complexity index is 826. The van der Waals surface area contributed by atoms with Crippen molar-refractivity contribution in [3.05, 3.63) is 59.9 Å². The monoisotopic (exact) mass is 322 g/mol. The minimum atomic E-state index is -0.0823. The number of rotatable bonds is 6. The highest BCUT2D eigenvalue weighted by Crippen LogP contribution is 2.15. The molecule has 0 saturated heterocycles.